The molecule has 0 saturated heterocycles. The van der Waals surface area contributed by atoms with Crippen LogP contribution in [0.15, 0.2) is 124 Å². The standard InChI is InChI=1S/C29H23Cl2F3N2O2.C28H21Cl2F3N2O2.2CO2.CH4.Li.H2O.4H2/c1-15-4-2-5-17(12-15)19-13-20(19)18-10-11-24(35-28(18)29(32,33)34)37-14-21-26(36-38-27(21)16-8-9-16)25-22(30)6-3-7-23(25)31;29-21-7-4-8-22(30)24(21)25-20(26(37-35-25)16-9-10-16)14-36-23-12-11-17(27(34-23)28(31,32)33)19-13-18(19)15-5-2-1-3-6-15;2*2-1-3;;;;;;;/h2-7,10-12,16,19-20H,8-9,13-14H2,1H3;1-8,11-12,16,18-19H,9-10,13-14H2;;;1H4;;1H2;4*1H/q;;;;;+1;;;;;/p-1/i;;;;;;;3*1+1D;1+1. The Kier molecular flexibility index (Phi) is 20.9. The summed E-state index contributed by atoms with van der Waals surface area (Å²) in [5.74, 6) is 1.06. The van der Waals surface area contributed by atoms with Gasteiger partial charge >= 0.3 is 43.5 Å². The second-order valence-electron chi connectivity index (χ2n) is 19.6. The Bertz CT molecular complexity index is 3630. The average molecular weight is 1250 g/mol. The number of hydrogen-bond acceptors (Lipinski definition) is 13. The number of aromatic nitrogens is 4. The summed E-state index contributed by atoms with van der Waals surface area (Å²) in [6, 6.07) is 33.7. The molecule has 4 unspecified atom stereocenters. The van der Waals surface area contributed by atoms with E-state index in [1.807, 2.05) is 61.5 Å². The predicted octanol–water partition coefficient (Wildman–Crippen LogP) is 15.2. The van der Waals surface area contributed by atoms with Crippen molar-refractivity contribution in [3.8, 4) is 34.3 Å². The molecule has 0 spiro atoms. The van der Waals surface area contributed by atoms with E-state index < -0.39 is 23.7 Å². The summed E-state index contributed by atoms with van der Waals surface area (Å²) in [7, 11) is 0. The molecule has 8 aromatic rings. The molecule has 24 heteroatoms. The Morgan fingerprint density at radius 2 is 0.929 bits per heavy atom. The van der Waals surface area contributed by atoms with Gasteiger partial charge in [-0.25, -0.2) is 9.97 Å². The van der Waals surface area contributed by atoms with Crippen LogP contribution >= 0.6 is 46.4 Å². The van der Waals surface area contributed by atoms with Crippen molar-refractivity contribution in [3.63, 3.8) is 0 Å². The van der Waals surface area contributed by atoms with E-state index in [1.54, 1.807) is 36.4 Å². The van der Waals surface area contributed by atoms with Crippen molar-refractivity contribution in [2.75, 3.05) is 0 Å². The van der Waals surface area contributed by atoms with Crippen LogP contribution in [0.1, 0.15) is 154 Å². The van der Waals surface area contributed by atoms with Gasteiger partial charge in [0, 0.05) is 45.4 Å². The van der Waals surface area contributed by atoms with Gasteiger partial charge in [0.2, 0.25) is 11.8 Å². The van der Waals surface area contributed by atoms with Crippen molar-refractivity contribution in [2.24, 2.45) is 0 Å². The van der Waals surface area contributed by atoms with Gasteiger partial charge in [0.05, 0.1) is 31.2 Å². The van der Waals surface area contributed by atoms with E-state index in [0.717, 1.165) is 42.4 Å². The van der Waals surface area contributed by atoms with Crippen LogP contribution in [0.5, 0.6) is 11.8 Å². The molecule has 84 heavy (non-hydrogen) atoms. The van der Waals surface area contributed by atoms with Gasteiger partial charge in [-0.2, -0.15) is 45.5 Å². The van der Waals surface area contributed by atoms with E-state index in [-0.39, 0.29) is 117 Å². The molecule has 13 nitrogen and oxygen atoms in total. The zero-order valence-electron chi connectivity index (χ0n) is 49.9. The average Bonchev–Trinajstić information content (AvgIpc) is 1.67. The molecule has 4 aromatic carbocycles. The van der Waals surface area contributed by atoms with E-state index >= 15 is 0 Å². The fourth-order valence-corrected chi connectivity index (χ4v) is 11.1. The molecular formula is C60H57Cl4F6LiN4O9. The first-order valence-corrected chi connectivity index (χ1v) is 26.7. The molecule has 4 aliphatic carbocycles. The number of alkyl halides is 6. The summed E-state index contributed by atoms with van der Waals surface area (Å²) in [6.07, 6.45) is -3.66. The maximum Gasteiger partial charge on any atom is 1.00 e. The molecule has 0 bridgehead atoms. The molecule has 442 valence electrons. The maximum atomic E-state index is 14.1. The molecule has 4 heterocycles. The smallest absolute Gasteiger partial charge is 0.870 e. The first kappa shape index (κ1) is 61.8. The number of carbonyl (C=O) groups excluding carboxylic acids is 4. The number of halogens is 10. The first-order chi connectivity index (χ1) is 41.8. The van der Waals surface area contributed by atoms with Crippen molar-refractivity contribution in [1.29, 1.82) is 0 Å². The van der Waals surface area contributed by atoms with Gasteiger partial charge in [0.15, 0.2) is 11.4 Å². The summed E-state index contributed by atoms with van der Waals surface area (Å²) >= 11 is 25.6. The molecule has 4 atom stereocenters. The first-order valence-electron chi connectivity index (χ1n) is 28.2. The van der Waals surface area contributed by atoms with Crippen molar-refractivity contribution >= 4 is 58.7 Å². The molecule has 0 radical (unpaired) electrons. The van der Waals surface area contributed by atoms with Gasteiger partial charge in [-0.1, -0.05) is 149 Å². The fraction of sp³-hybridized carbons (Fsp3) is 0.300. The molecule has 12 rings (SSSR count). The Morgan fingerprint density at radius 1 is 0.560 bits per heavy atom. The number of ether oxygens (including phenoxy) is 2. The third-order valence-electron chi connectivity index (χ3n) is 14.1. The number of benzene rings is 4. The SMILES string of the molecule is C.Cc1cccc(C2CC2c2ccc(OCc3c(-c4c(Cl)cccc4Cl)noc3C3CC3)nc2C(F)(F)F)c1.FC(F)(F)c1nc(OCc2c(-c3c(Cl)cccc3Cl)noc2C2CC2)ccc1C1CC1c1ccccc1.O=C=O.O=C=O.[2HH].[2H][2H].[2H][2H].[2H][2H].[Li+].[OH-]. The quantitative estimate of drug-likeness (QED) is 0.0738. The zero-order valence-corrected chi connectivity index (χ0v) is 46.9. The van der Waals surface area contributed by atoms with Gasteiger partial charge in [-0.15, -0.1) is 0 Å². The normalized spacial score (nSPS) is 17.5. The molecule has 4 saturated carbocycles. The van der Waals surface area contributed by atoms with E-state index in [4.69, 9.17) is 93.0 Å². The molecule has 0 aliphatic heterocycles. The van der Waals surface area contributed by atoms with Crippen LogP contribution in [0, 0.1) is 6.92 Å². The number of pyridine rings is 2. The summed E-state index contributed by atoms with van der Waals surface area (Å²) in [6.45, 7) is 1.82. The minimum absolute atomic E-state index is 0. The Morgan fingerprint density at radius 3 is 1.30 bits per heavy atom. The second kappa shape index (κ2) is 28.4. The summed E-state index contributed by atoms with van der Waals surface area (Å²) in [4.78, 5) is 40.3. The third-order valence-corrected chi connectivity index (χ3v) is 15.3. The van der Waals surface area contributed by atoms with Gasteiger partial charge in [-0.3, -0.25) is 0 Å². The number of aryl methyl sites for hydroxylation is 1. The van der Waals surface area contributed by atoms with E-state index in [1.165, 1.54) is 24.3 Å². The van der Waals surface area contributed by atoms with E-state index in [9.17, 15) is 26.3 Å². The van der Waals surface area contributed by atoms with Crippen molar-refractivity contribution in [2.45, 2.75) is 114 Å². The van der Waals surface area contributed by atoms with Gasteiger partial charge in [0.1, 0.15) is 36.1 Å². The molecule has 0 amide bonds. The monoisotopic (exact) mass is 1250 g/mol. The summed E-state index contributed by atoms with van der Waals surface area (Å²) in [5, 5.41) is 9.97. The maximum absolute atomic E-state index is 14.1. The van der Waals surface area contributed by atoms with Crippen LogP contribution in [0.25, 0.3) is 22.5 Å². The summed E-state index contributed by atoms with van der Waals surface area (Å²) in [5.41, 5.74) is 4.83. The van der Waals surface area contributed by atoms with Gasteiger partial charge in [0.25, 0.3) is 0 Å². The molecular weight excluding hydrogens is 1180 g/mol. The molecule has 1 N–H and O–H groups in total. The van der Waals surface area contributed by atoms with Crippen LogP contribution in [0.3, 0.4) is 0 Å². The van der Waals surface area contributed by atoms with Gasteiger partial charge < -0.3 is 24.0 Å². The number of hydrogen-bond donors (Lipinski definition) is 0. The zero-order chi connectivity index (χ0) is 63.8. The molecule has 4 fully saturated rings. The van der Waals surface area contributed by atoms with E-state index in [0.29, 0.717) is 78.1 Å². The van der Waals surface area contributed by atoms with Crippen LogP contribution in [0.2, 0.25) is 20.1 Å². The number of nitrogens with zero attached hydrogens (tertiary/aromatic N) is 4. The van der Waals surface area contributed by atoms with Crippen LogP contribution < -0.4 is 28.3 Å². The Hall–Kier alpha value is -6.74. The van der Waals surface area contributed by atoms with Crippen molar-refractivity contribution < 1.29 is 98.7 Å². The molecule has 4 aromatic heterocycles. The Labute approximate surface area is 520 Å². The topological polar surface area (TPSA) is 195 Å². The third kappa shape index (κ3) is 15.6. The van der Waals surface area contributed by atoms with Gasteiger partial charge in [-0.05, 0) is 116 Å². The minimum Gasteiger partial charge on any atom is -0.870 e. The Balaban J connectivity index is 0.000000512. The minimum atomic E-state index is -4.61. The number of rotatable bonds is 14. The predicted molar refractivity (Wildman–Crippen MR) is 300 cm³/mol. The van der Waals surface area contributed by atoms with Crippen LogP contribution in [0.4, 0.5) is 26.3 Å². The summed E-state index contributed by atoms with van der Waals surface area (Å²) < 4.78 is 137. The van der Waals surface area contributed by atoms with Crippen LogP contribution in [-0.4, -0.2) is 38.1 Å². The molecule has 4 aliphatic rings. The second-order valence-corrected chi connectivity index (χ2v) is 21.3. The fourth-order valence-electron chi connectivity index (χ4n) is 9.92. The van der Waals surface area contributed by atoms with E-state index in [2.05, 4.69) is 20.3 Å². The largest absolute Gasteiger partial charge is 1.00 e. The van der Waals surface area contributed by atoms with Crippen LogP contribution in [-0.2, 0) is 44.7 Å². The van der Waals surface area contributed by atoms with Crippen molar-refractivity contribution in [3.05, 3.63) is 197 Å². The van der Waals surface area contributed by atoms with Crippen molar-refractivity contribution in [1.82, 2.24) is 20.3 Å².